The number of benzene rings is 2. The molecule has 0 aliphatic heterocycles. The van der Waals surface area contributed by atoms with Gasteiger partial charge in [-0.3, -0.25) is 19.2 Å². The Morgan fingerprint density at radius 2 is 1.40 bits per heavy atom. The van der Waals surface area contributed by atoms with Crippen molar-refractivity contribution in [3.8, 4) is 0 Å². The van der Waals surface area contributed by atoms with Gasteiger partial charge in [-0.1, -0.05) is 65.0 Å². The van der Waals surface area contributed by atoms with E-state index in [4.69, 9.17) is 5.14 Å². The highest BCUT2D eigenvalue weighted by molar-refractivity contribution is 7.89. The van der Waals surface area contributed by atoms with Gasteiger partial charge < -0.3 is 26.4 Å². The fourth-order valence-corrected chi connectivity index (χ4v) is 4.51. The molecule has 4 unspecified atom stereocenters. The van der Waals surface area contributed by atoms with Gasteiger partial charge >= 0.3 is 0 Å². The Labute approximate surface area is 246 Å². The molecular weight excluding hydrogens is 562 g/mol. The van der Waals surface area contributed by atoms with E-state index in [1.165, 1.54) is 31.2 Å². The van der Waals surface area contributed by atoms with Gasteiger partial charge in [-0.25, -0.2) is 13.6 Å². The maximum Gasteiger partial charge on any atom is 0.251 e. The first-order valence-corrected chi connectivity index (χ1v) is 15.0. The van der Waals surface area contributed by atoms with E-state index in [2.05, 4.69) is 21.3 Å². The van der Waals surface area contributed by atoms with E-state index in [0.29, 0.717) is 11.1 Å². The Morgan fingerprint density at radius 1 is 0.833 bits per heavy atom. The van der Waals surface area contributed by atoms with Crippen molar-refractivity contribution in [1.82, 2.24) is 21.3 Å². The van der Waals surface area contributed by atoms with Crippen molar-refractivity contribution in [3.05, 3.63) is 65.7 Å². The van der Waals surface area contributed by atoms with Gasteiger partial charge in [-0.05, 0) is 48.1 Å². The molecule has 12 nitrogen and oxygen atoms in total. The highest BCUT2D eigenvalue weighted by atomic mass is 32.2. The van der Waals surface area contributed by atoms with Gasteiger partial charge in [0, 0.05) is 12.1 Å². The largest absolute Gasteiger partial charge is 0.381 e. The van der Waals surface area contributed by atoms with Crippen molar-refractivity contribution in [2.45, 2.75) is 77.2 Å². The topological polar surface area (TPSA) is 197 Å². The molecule has 0 aliphatic carbocycles. The molecule has 42 heavy (non-hydrogen) atoms. The van der Waals surface area contributed by atoms with E-state index >= 15 is 0 Å². The molecular formula is C29H41N5O7S. The minimum absolute atomic E-state index is 0.00505. The molecule has 0 saturated heterocycles. The van der Waals surface area contributed by atoms with Crippen LogP contribution in [-0.2, 0) is 31.0 Å². The van der Waals surface area contributed by atoms with Crippen molar-refractivity contribution in [2.24, 2.45) is 16.5 Å². The van der Waals surface area contributed by atoms with Gasteiger partial charge in [0.1, 0.15) is 12.1 Å². The maximum absolute atomic E-state index is 13.2. The number of aliphatic hydroxyl groups is 1. The van der Waals surface area contributed by atoms with E-state index < -0.39 is 63.3 Å². The molecule has 0 saturated carbocycles. The van der Waals surface area contributed by atoms with Crippen LogP contribution in [0.3, 0.4) is 0 Å². The lowest BCUT2D eigenvalue weighted by Crippen LogP contribution is -2.59. The van der Waals surface area contributed by atoms with E-state index in [-0.39, 0.29) is 17.4 Å². The third kappa shape index (κ3) is 9.93. The number of primary sulfonamides is 1. The van der Waals surface area contributed by atoms with Crippen molar-refractivity contribution in [3.63, 3.8) is 0 Å². The molecule has 2 aromatic rings. The summed E-state index contributed by atoms with van der Waals surface area (Å²) in [5, 5.41) is 26.4. The zero-order valence-electron chi connectivity index (χ0n) is 24.7. The van der Waals surface area contributed by atoms with Crippen molar-refractivity contribution in [1.29, 1.82) is 0 Å². The van der Waals surface area contributed by atoms with Gasteiger partial charge in [-0.15, -0.1) is 0 Å². The molecule has 0 aliphatic rings. The smallest absolute Gasteiger partial charge is 0.251 e. The Morgan fingerprint density at radius 3 is 1.90 bits per heavy atom. The number of amides is 4. The minimum Gasteiger partial charge on any atom is -0.381 e. The predicted molar refractivity (Wildman–Crippen MR) is 157 cm³/mol. The molecule has 230 valence electrons. The lowest BCUT2D eigenvalue weighted by atomic mass is 9.85. The first kappa shape index (κ1) is 34.4. The Hall–Kier alpha value is -3.81. The Bertz CT molecular complexity index is 1360. The molecule has 0 fully saturated rings. The number of aliphatic hydroxyl groups excluding tert-OH is 1. The summed E-state index contributed by atoms with van der Waals surface area (Å²) in [6.45, 7) is 10.2. The second-order valence-corrected chi connectivity index (χ2v) is 13.1. The molecule has 7 N–H and O–H groups in total. The summed E-state index contributed by atoms with van der Waals surface area (Å²) in [6, 6.07) is 11.0. The highest BCUT2D eigenvalue weighted by Crippen LogP contribution is 2.20. The van der Waals surface area contributed by atoms with Crippen LogP contribution in [0.15, 0.2) is 59.5 Å². The molecule has 0 heterocycles. The van der Waals surface area contributed by atoms with Gasteiger partial charge in [-0.2, -0.15) is 0 Å². The average molecular weight is 604 g/mol. The third-order valence-corrected chi connectivity index (χ3v) is 7.48. The van der Waals surface area contributed by atoms with Gasteiger partial charge in [0.05, 0.1) is 10.9 Å². The van der Waals surface area contributed by atoms with Gasteiger partial charge in [0.2, 0.25) is 21.8 Å². The molecule has 4 amide bonds. The summed E-state index contributed by atoms with van der Waals surface area (Å²) in [5.74, 6) is -2.74. The number of carbonyl (C=O) groups is 4. The predicted octanol–water partition coefficient (Wildman–Crippen LogP) is 0.801. The lowest BCUT2D eigenvalue weighted by Gasteiger charge is -2.32. The molecule has 0 radical (unpaired) electrons. The SMILES string of the molecule is CC(NC(=O)C(NC(=O)c1ccccc1)C(C)(C)C)C(=O)NC(C(C)C)C(O)C(=O)NCc1ccc(S(N)(=O)=O)cc1. The second-order valence-electron chi connectivity index (χ2n) is 11.5. The molecule has 4 atom stereocenters. The zero-order valence-corrected chi connectivity index (χ0v) is 25.5. The fourth-order valence-electron chi connectivity index (χ4n) is 3.99. The lowest BCUT2D eigenvalue weighted by molar-refractivity contribution is -0.135. The quantitative estimate of drug-likeness (QED) is 0.206. The maximum atomic E-state index is 13.2. The summed E-state index contributed by atoms with van der Waals surface area (Å²) < 4.78 is 22.8. The van der Waals surface area contributed by atoms with E-state index in [1.54, 1.807) is 65.0 Å². The normalized spacial score (nSPS) is 14.7. The first-order chi connectivity index (χ1) is 19.4. The van der Waals surface area contributed by atoms with Crippen LogP contribution in [0.1, 0.15) is 57.5 Å². The number of nitrogens with two attached hydrogens (primary N) is 1. The second kappa shape index (κ2) is 14.4. The van der Waals surface area contributed by atoms with Gasteiger partial charge in [0.25, 0.3) is 11.8 Å². The van der Waals surface area contributed by atoms with E-state index in [1.807, 2.05) is 0 Å². The fraction of sp³-hybridized carbons (Fsp3) is 0.448. The molecule has 0 spiro atoms. The molecule has 13 heteroatoms. The van der Waals surface area contributed by atoms with Crippen LogP contribution in [0, 0.1) is 11.3 Å². The van der Waals surface area contributed by atoms with Crippen LogP contribution in [0.5, 0.6) is 0 Å². The van der Waals surface area contributed by atoms with Crippen LogP contribution in [0.25, 0.3) is 0 Å². The molecule has 0 bridgehead atoms. The van der Waals surface area contributed by atoms with E-state index in [9.17, 15) is 32.7 Å². The standard InChI is InChI=1S/C29H41N5O7S/c1-17(2)22(23(35)27(38)31-16-19-12-14-21(15-13-19)42(30,40)41)33-25(36)18(3)32-28(39)24(29(4,5)6)34-26(37)20-10-8-7-9-11-20/h7-15,17-18,22-24,35H,16H2,1-6H3,(H,31,38)(H,32,39)(H,33,36)(H,34,37)(H2,30,40,41). The number of nitrogens with one attached hydrogen (secondary N) is 4. The minimum atomic E-state index is -3.85. The summed E-state index contributed by atoms with van der Waals surface area (Å²) in [6.07, 6.45) is -1.62. The van der Waals surface area contributed by atoms with Gasteiger partial charge in [0.15, 0.2) is 6.10 Å². The van der Waals surface area contributed by atoms with Crippen molar-refractivity contribution >= 4 is 33.7 Å². The van der Waals surface area contributed by atoms with Crippen LogP contribution in [0.2, 0.25) is 0 Å². The van der Waals surface area contributed by atoms with E-state index in [0.717, 1.165) is 0 Å². The van der Waals surface area contributed by atoms with Crippen LogP contribution in [-0.4, -0.2) is 61.4 Å². The number of sulfonamides is 1. The number of hydrogen-bond acceptors (Lipinski definition) is 7. The van der Waals surface area contributed by atoms with Crippen LogP contribution >= 0.6 is 0 Å². The van der Waals surface area contributed by atoms with Crippen molar-refractivity contribution < 1.29 is 32.7 Å². The Balaban J connectivity index is 2.02. The van der Waals surface area contributed by atoms with Crippen LogP contribution in [0.4, 0.5) is 0 Å². The monoisotopic (exact) mass is 603 g/mol. The summed E-state index contributed by atoms with van der Waals surface area (Å²) in [4.78, 5) is 51.5. The summed E-state index contributed by atoms with van der Waals surface area (Å²) in [5.41, 5.74) is 0.272. The van der Waals surface area contributed by atoms with Crippen molar-refractivity contribution in [2.75, 3.05) is 0 Å². The number of rotatable bonds is 12. The zero-order chi connectivity index (χ0) is 31.8. The number of carbonyl (C=O) groups excluding carboxylic acids is 4. The summed E-state index contributed by atoms with van der Waals surface area (Å²) in [7, 11) is -3.85. The average Bonchev–Trinajstić information content (AvgIpc) is 2.91. The molecule has 2 rings (SSSR count). The molecule has 0 aromatic heterocycles. The summed E-state index contributed by atoms with van der Waals surface area (Å²) >= 11 is 0. The highest BCUT2D eigenvalue weighted by Gasteiger charge is 2.36. The Kier molecular flexibility index (Phi) is 11.8. The molecule has 2 aromatic carbocycles. The first-order valence-electron chi connectivity index (χ1n) is 13.5. The third-order valence-electron chi connectivity index (χ3n) is 6.55. The number of hydrogen-bond donors (Lipinski definition) is 6. The van der Waals surface area contributed by atoms with Crippen LogP contribution < -0.4 is 26.4 Å².